The van der Waals surface area contributed by atoms with Gasteiger partial charge in [0.2, 0.25) is 11.6 Å². The zero-order valence-corrected chi connectivity index (χ0v) is 24.1. The Balaban J connectivity index is 1.25. The van der Waals surface area contributed by atoms with Crippen LogP contribution in [0.3, 0.4) is 0 Å². The summed E-state index contributed by atoms with van der Waals surface area (Å²) < 4.78 is 57.6. The number of aliphatic hydroxyl groups is 1. The molecule has 2 atom stereocenters. The van der Waals surface area contributed by atoms with E-state index in [1.807, 2.05) is 0 Å². The fourth-order valence-electron chi connectivity index (χ4n) is 4.81. The quantitative estimate of drug-likeness (QED) is 0.271. The number of nitrogens with one attached hydrogen (secondary N) is 1. The van der Waals surface area contributed by atoms with Gasteiger partial charge in [-0.1, -0.05) is 64.9 Å². The molecular formula is C30H30F3N5O6. The first kappa shape index (κ1) is 30.7. The molecule has 0 bridgehead atoms. The Hall–Kier alpha value is -4.72. The number of hydrogen-bond donors (Lipinski definition) is 2. The van der Waals surface area contributed by atoms with Crippen LogP contribution >= 0.6 is 0 Å². The average Bonchev–Trinajstić information content (AvgIpc) is 3.74. The number of aromatic nitrogens is 3. The number of aliphatic hydroxyl groups excluding tert-OH is 1. The van der Waals surface area contributed by atoms with Crippen molar-refractivity contribution in [1.29, 1.82) is 0 Å². The highest BCUT2D eigenvalue weighted by Gasteiger charge is 2.43. The Morgan fingerprint density at radius 3 is 2.41 bits per heavy atom. The summed E-state index contributed by atoms with van der Waals surface area (Å²) in [5, 5.41) is 20.7. The van der Waals surface area contributed by atoms with Gasteiger partial charge in [0.15, 0.2) is 6.10 Å². The van der Waals surface area contributed by atoms with Crippen LogP contribution in [0.15, 0.2) is 63.6 Å². The van der Waals surface area contributed by atoms with Gasteiger partial charge in [0.05, 0.1) is 6.04 Å². The minimum atomic E-state index is -4.82. The number of nitrogens with zero attached hydrogens (tertiary/aromatic N) is 4. The van der Waals surface area contributed by atoms with Crippen LogP contribution in [0.25, 0.3) is 34.3 Å². The summed E-state index contributed by atoms with van der Waals surface area (Å²) in [5.74, 6) is -1.93. The lowest BCUT2D eigenvalue weighted by molar-refractivity contribution is -0.137. The maximum Gasteiger partial charge on any atom is 0.422 e. The number of ether oxygens (including phenoxy) is 1. The predicted octanol–water partition coefficient (Wildman–Crippen LogP) is 5.63. The zero-order chi connectivity index (χ0) is 31.6. The molecule has 2 aromatic heterocycles. The highest BCUT2D eigenvalue weighted by Crippen LogP contribution is 2.43. The molecule has 1 aliphatic rings. The van der Waals surface area contributed by atoms with Gasteiger partial charge in [0.25, 0.3) is 11.8 Å². The first-order valence-electron chi connectivity index (χ1n) is 13.8. The summed E-state index contributed by atoms with van der Waals surface area (Å²) in [4.78, 5) is 30.8. The first-order valence-corrected chi connectivity index (χ1v) is 13.8. The maximum absolute atomic E-state index is 14.0. The Bertz CT molecular complexity index is 1610. The lowest BCUT2D eigenvalue weighted by Gasteiger charge is -2.28. The van der Waals surface area contributed by atoms with Crippen molar-refractivity contribution in [3.05, 3.63) is 65.7 Å². The third-order valence-electron chi connectivity index (χ3n) is 6.89. The molecule has 2 N–H and O–H groups in total. The van der Waals surface area contributed by atoms with Crippen LogP contribution in [0.5, 0.6) is 0 Å². The summed E-state index contributed by atoms with van der Waals surface area (Å²) >= 11 is 0. The fraction of sp³-hybridized carbons (Fsp3) is 0.367. The van der Waals surface area contributed by atoms with Gasteiger partial charge in [0, 0.05) is 24.2 Å². The second-order valence-corrected chi connectivity index (χ2v) is 11.3. The largest absolute Gasteiger partial charge is 0.444 e. The summed E-state index contributed by atoms with van der Waals surface area (Å²) in [6, 6.07) is 13.4. The number of carbonyl (C=O) groups excluding carboxylic acids is 2. The molecule has 14 heteroatoms. The second kappa shape index (κ2) is 12.1. The second-order valence-electron chi connectivity index (χ2n) is 11.3. The molecule has 2 amide bonds. The summed E-state index contributed by atoms with van der Waals surface area (Å²) in [6.07, 6.45) is -5.34. The van der Waals surface area contributed by atoms with E-state index in [0.29, 0.717) is 18.5 Å². The number of benzene rings is 2. The van der Waals surface area contributed by atoms with E-state index in [1.165, 1.54) is 36.4 Å². The summed E-state index contributed by atoms with van der Waals surface area (Å²) in [7, 11) is 0. The van der Waals surface area contributed by atoms with Crippen molar-refractivity contribution in [2.75, 3.05) is 13.1 Å². The fourth-order valence-corrected chi connectivity index (χ4v) is 4.81. The van der Waals surface area contributed by atoms with Crippen LogP contribution < -0.4 is 5.32 Å². The molecule has 2 aromatic carbocycles. The molecule has 44 heavy (non-hydrogen) atoms. The van der Waals surface area contributed by atoms with E-state index < -0.39 is 52.8 Å². The molecule has 3 heterocycles. The predicted molar refractivity (Wildman–Crippen MR) is 150 cm³/mol. The van der Waals surface area contributed by atoms with Crippen LogP contribution in [-0.4, -0.2) is 62.0 Å². The molecule has 1 fully saturated rings. The van der Waals surface area contributed by atoms with Gasteiger partial charge in [-0.15, -0.1) is 0 Å². The third-order valence-corrected chi connectivity index (χ3v) is 6.89. The van der Waals surface area contributed by atoms with E-state index in [-0.39, 0.29) is 29.5 Å². The number of halogens is 3. The van der Waals surface area contributed by atoms with Crippen molar-refractivity contribution >= 4 is 12.0 Å². The van der Waals surface area contributed by atoms with Crippen molar-refractivity contribution in [2.45, 2.75) is 57.5 Å². The first-order chi connectivity index (χ1) is 20.8. The van der Waals surface area contributed by atoms with Crippen LogP contribution in [-0.2, 0) is 15.7 Å². The van der Waals surface area contributed by atoms with Crippen molar-refractivity contribution in [1.82, 2.24) is 25.5 Å². The van der Waals surface area contributed by atoms with Gasteiger partial charge >= 0.3 is 12.3 Å². The van der Waals surface area contributed by atoms with Crippen molar-refractivity contribution in [3.63, 3.8) is 0 Å². The number of rotatable bonds is 7. The standard InChI is InChI=1S/C30H30F3N5O6/c1-29(2,3)42-28(41)38-15-7-10-20(38)16-34-26(40)23(39)18-11-13-19(14-12-18)25-35-27(44-37-25)24-21(30(31,32)33)22(36-43-24)17-8-5-4-6-9-17/h4-6,8-9,11-14,20,23,39H,7,10,15-16H2,1-3H3,(H,34,40). The van der Waals surface area contributed by atoms with Crippen molar-refractivity contribution in [3.8, 4) is 34.3 Å². The average molecular weight is 614 g/mol. The van der Waals surface area contributed by atoms with Gasteiger partial charge in [-0.25, -0.2) is 4.79 Å². The van der Waals surface area contributed by atoms with E-state index in [1.54, 1.807) is 43.9 Å². The van der Waals surface area contributed by atoms with E-state index >= 15 is 0 Å². The Morgan fingerprint density at radius 1 is 1.05 bits per heavy atom. The number of hydrogen-bond acceptors (Lipinski definition) is 9. The molecule has 0 radical (unpaired) electrons. The Labute approximate surface area is 250 Å². The van der Waals surface area contributed by atoms with E-state index in [4.69, 9.17) is 13.8 Å². The number of alkyl halides is 3. The highest BCUT2D eigenvalue weighted by molar-refractivity contribution is 5.82. The normalized spacial score (nSPS) is 16.2. The number of likely N-dealkylation sites (tertiary alicyclic amines) is 1. The van der Waals surface area contributed by atoms with Gasteiger partial charge in [0.1, 0.15) is 16.9 Å². The molecule has 0 saturated carbocycles. The monoisotopic (exact) mass is 613 g/mol. The van der Waals surface area contributed by atoms with E-state index in [0.717, 1.165) is 6.42 Å². The molecule has 4 aromatic rings. The van der Waals surface area contributed by atoms with E-state index in [9.17, 15) is 27.9 Å². The topological polar surface area (TPSA) is 144 Å². The Morgan fingerprint density at radius 2 is 1.75 bits per heavy atom. The molecule has 5 rings (SSSR count). The Kier molecular flexibility index (Phi) is 8.46. The SMILES string of the molecule is CC(C)(C)OC(=O)N1CCCC1CNC(=O)C(O)c1ccc(-c2noc(-c3onc(-c4ccccc4)c3C(F)(F)F)n2)cc1. The van der Waals surface area contributed by atoms with Gasteiger partial charge in [-0.3, -0.25) is 4.79 Å². The molecule has 232 valence electrons. The number of amides is 2. The maximum atomic E-state index is 14.0. The molecule has 2 unspecified atom stereocenters. The smallest absolute Gasteiger partial charge is 0.422 e. The summed E-state index contributed by atoms with van der Waals surface area (Å²) in [6.45, 7) is 5.99. The van der Waals surface area contributed by atoms with Crippen LogP contribution in [0.1, 0.15) is 50.8 Å². The van der Waals surface area contributed by atoms with Crippen molar-refractivity contribution < 1.29 is 41.6 Å². The molecule has 0 aliphatic carbocycles. The van der Waals surface area contributed by atoms with Crippen LogP contribution in [0, 0.1) is 0 Å². The lowest BCUT2D eigenvalue weighted by Crippen LogP contribution is -2.45. The van der Waals surface area contributed by atoms with Crippen molar-refractivity contribution in [2.24, 2.45) is 0 Å². The molecule has 1 saturated heterocycles. The summed E-state index contributed by atoms with van der Waals surface area (Å²) in [5.41, 5.74) is -1.38. The molecule has 11 nitrogen and oxygen atoms in total. The van der Waals surface area contributed by atoms with Gasteiger partial charge < -0.3 is 29.1 Å². The van der Waals surface area contributed by atoms with Gasteiger partial charge in [-0.2, -0.15) is 18.2 Å². The number of carbonyl (C=O) groups is 2. The molecule has 0 spiro atoms. The van der Waals surface area contributed by atoms with E-state index in [2.05, 4.69) is 20.6 Å². The minimum absolute atomic E-state index is 0.0419. The lowest BCUT2D eigenvalue weighted by atomic mass is 10.1. The van der Waals surface area contributed by atoms with Crippen LogP contribution in [0.4, 0.5) is 18.0 Å². The third kappa shape index (κ3) is 6.75. The highest BCUT2D eigenvalue weighted by atomic mass is 19.4. The molecule has 1 aliphatic heterocycles. The van der Waals surface area contributed by atoms with Crippen LogP contribution in [0.2, 0.25) is 0 Å². The zero-order valence-electron chi connectivity index (χ0n) is 24.1. The molecular weight excluding hydrogens is 583 g/mol. The minimum Gasteiger partial charge on any atom is -0.444 e. The van der Waals surface area contributed by atoms with Gasteiger partial charge in [-0.05, 0) is 39.2 Å².